The van der Waals surface area contributed by atoms with E-state index in [4.69, 9.17) is 0 Å². The predicted molar refractivity (Wildman–Crippen MR) is 44.6 cm³/mol. The van der Waals surface area contributed by atoms with E-state index in [2.05, 4.69) is 31.2 Å². The van der Waals surface area contributed by atoms with Crippen molar-refractivity contribution in [3.63, 3.8) is 0 Å². The highest BCUT2D eigenvalue weighted by atomic mass is 79.9. The molecular weight excluding hydrogens is 210 g/mol. The van der Waals surface area contributed by atoms with Crippen LogP contribution in [0.1, 0.15) is 0 Å². The Bertz CT molecular complexity index is 305. The highest BCUT2D eigenvalue weighted by Gasteiger charge is 2.28. The number of amidine groups is 1. The molecule has 5 heteroatoms. The van der Waals surface area contributed by atoms with Crippen molar-refractivity contribution < 1.29 is 4.79 Å². The van der Waals surface area contributed by atoms with Crippen LogP contribution in [-0.2, 0) is 4.79 Å². The molecule has 1 N–H and O–H groups in total. The van der Waals surface area contributed by atoms with Crippen molar-refractivity contribution in [1.29, 1.82) is 0 Å². The van der Waals surface area contributed by atoms with E-state index in [0.717, 1.165) is 0 Å². The number of carbonyl (C=O) groups is 1. The highest BCUT2D eigenvalue weighted by molar-refractivity contribution is 9.11. The van der Waals surface area contributed by atoms with Gasteiger partial charge in [0.25, 0.3) is 0 Å². The average molecular weight is 214 g/mol. The molecule has 0 aromatic heterocycles. The third kappa shape index (κ3) is 1.01. The second kappa shape index (κ2) is 2.27. The third-order valence-corrected chi connectivity index (χ3v) is 1.93. The lowest BCUT2D eigenvalue weighted by atomic mass is 10.1. The fourth-order valence-corrected chi connectivity index (χ4v) is 1.43. The lowest BCUT2D eigenvalue weighted by Crippen LogP contribution is -2.36. The molecule has 1 unspecified atom stereocenters. The van der Waals surface area contributed by atoms with Crippen LogP contribution in [0.3, 0.4) is 0 Å². The Hall–Kier alpha value is -0.970. The molecule has 0 bridgehead atoms. The van der Waals surface area contributed by atoms with Crippen LogP contribution >= 0.6 is 15.9 Å². The van der Waals surface area contributed by atoms with Crippen LogP contribution in [0.15, 0.2) is 20.7 Å². The summed E-state index contributed by atoms with van der Waals surface area (Å²) in [4.78, 5) is 19.0. The zero-order valence-corrected chi connectivity index (χ0v) is 7.00. The van der Waals surface area contributed by atoms with Crippen LogP contribution in [-0.4, -0.2) is 18.1 Å². The topological polar surface area (TPSA) is 53.8 Å². The minimum absolute atomic E-state index is 0.0757. The normalized spacial score (nSPS) is 27.4. The van der Waals surface area contributed by atoms with Gasteiger partial charge in [-0.3, -0.25) is 4.79 Å². The monoisotopic (exact) mass is 213 g/mol. The van der Waals surface area contributed by atoms with Gasteiger partial charge in [-0.2, -0.15) is 0 Å². The number of halogens is 1. The Labute approximate surface area is 71.2 Å². The number of fused-ring (bicyclic) bond motifs is 1. The maximum absolute atomic E-state index is 11.1. The van der Waals surface area contributed by atoms with Crippen molar-refractivity contribution in [2.24, 2.45) is 15.9 Å². The van der Waals surface area contributed by atoms with Crippen LogP contribution in [0.2, 0.25) is 0 Å². The second-order valence-electron chi connectivity index (χ2n) is 2.20. The van der Waals surface area contributed by atoms with Crippen LogP contribution < -0.4 is 5.32 Å². The van der Waals surface area contributed by atoms with E-state index in [0.29, 0.717) is 10.4 Å². The zero-order valence-electron chi connectivity index (χ0n) is 5.41. The molecule has 1 amide bonds. The number of amides is 1. The second-order valence-corrected chi connectivity index (χ2v) is 3.02. The van der Waals surface area contributed by atoms with Crippen molar-refractivity contribution in [3.8, 4) is 0 Å². The predicted octanol–water partition coefficient (Wildman–Crippen LogP) is 0.409. The molecule has 1 atom stereocenters. The van der Waals surface area contributed by atoms with Gasteiger partial charge in [-0.05, 0) is 22.0 Å². The summed E-state index contributed by atoms with van der Waals surface area (Å²) in [5, 5.41) is 2.50. The number of aliphatic imine (C=N–C) groups is 2. The van der Waals surface area contributed by atoms with Gasteiger partial charge >= 0.3 is 0 Å². The third-order valence-electron chi connectivity index (χ3n) is 1.49. The van der Waals surface area contributed by atoms with Crippen molar-refractivity contribution in [2.45, 2.75) is 0 Å². The first-order chi connectivity index (χ1) is 5.27. The maximum Gasteiger partial charge on any atom is 0.239 e. The molecule has 2 heterocycles. The number of rotatable bonds is 0. The van der Waals surface area contributed by atoms with E-state index in [1.807, 2.05) is 0 Å². The summed E-state index contributed by atoms with van der Waals surface area (Å²) >= 11 is 3.18. The fraction of sp³-hybridized carbons (Fsp3) is 0.167. The smallest absolute Gasteiger partial charge is 0.239 e. The first kappa shape index (κ1) is 6.72. The molecule has 0 aliphatic carbocycles. The number of hydrogen-bond donors (Lipinski definition) is 1. The van der Waals surface area contributed by atoms with Crippen molar-refractivity contribution in [1.82, 2.24) is 5.32 Å². The van der Waals surface area contributed by atoms with Gasteiger partial charge < -0.3 is 5.32 Å². The molecule has 0 saturated carbocycles. The van der Waals surface area contributed by atoms with E-state index in [1.165, 1.54) is 6.34 Å². The molecule has 2 aliphatic heterocycles. The largest absolute Gasteiger partial charge is 0.316 e. The quantitative estimate of drug-likeness (QED) is 0.583. The Morgan fingerprint density at radius 1 is 1.64 bits per heavy atom. The molecule has 0 aromatic carbocycles. The molecule has 2 rings (SSSR count). The van der Waals surface area contributed by atoms with Crippen LogP contribution in [0, 0.1) is 5.92 Å². The molecule has 0 saturated heterocycles. The molecule has 0 radical (unpaired) electrons. The van der Waals surface area contributed by atoms with Crippen LogP contribution in [0.5, 0.6) is 0 Å². The van der Waals surface area contributed by atoms with E-state index in [9.17, 15) is 4.79 Å². The van der Waals surface area contributed by atoms with Gasteiger partial charge in [0, 0.05) is 0 Å². The zero-order chi connectivity index (χ0) is 7.84. The summed E-state index contributed by atoms with van der Waals surface area (Å²) in [7, 11) is 0. The molecule has 4 nitrogen and oxygen atoms in total. The van der Waals surface area contributed by atoms with Crippen molar-refractivity contribution >= 4 is 34.0 Å². The first-order valence-corrected chi connectivity index (χ1v) is 3.85. The number of hydrogen-bond acceptors (Lipinski definition) is 3. The van der Waals surface area contributed by atoms with Crippen LogP contribution in [0.25, 0.3) is 0 Å². The van der Waals surface area contributed by atoms with Gasteiger partial charge in [0.05, 0.1) is 6.34 Å². The molecule has 11 heavy (non-hydrogen) atoms. The first-order valence-electron chi connectivity index (χ1n) is 3.06. The van der Waals surface area contributed by atoms with Crippen molar-refractivity contribution in [2.75, 3.05) is 0 Å². The van der Waals surface area contributed by atoms with Gasteiger partial charge in [0.2, 0.25) is 5.91 Å². The van der Waals surface area contributed by atoms with E-state index >= 15 is 0 Å². The van der Waals surface area contributed by atoms with Gasteiger partial charge in [0.15, 0.2) is 0 Å². The lowest BCUT2D eigenvalue weighted by molar-refractivity contribution is -0.120. The summed E-state index contributed by atoms with van der Waals surface area (Å²) in [5.74, 6) is 0.184. The van der Waals surface area contributed by atoms with Crippen molar-refractivity contribution in [3.05, 3.63) is 10.7 Å². The van der Waals surface area contributed by atoms with Gasteiger partial charge in [0.1, 0.15) is 16.4 Å². The molecule has 0 aromatic rings. The molecule has 0 fully saturated rings. The summed E-state index contributed by atoms with van der Waals surface area (Å²) < 4.78 is 0.673. The highest BCUT2D eigenvalue weighted by Crippen LogP contribution is 2.23. The average Bonchev–Trinajstić information content (AvgIpc) is 2.31. The maximum atomic E-state index is 11.1. The summed E-state index contributed by atoms with van der Waals surface area (Å²) in [6.45, 7) is 0. The number of nitrogens with zero attached hydrogens (tertiary/aromatic N) is 2. The Morgan fingerprint density at radius 3 is 3.18 bits per heavy atom. The molecule has 56 valence electrons. The minimum Gasteiger partial charge on any atom is -0.316 e. The van der Waals surface area contributed by atoms with Gasteiger partial charge in [-0.15, -0.1) is 0 Å². The summed E-state index contributed by atoms with van der Waals surface area (Å²) in [6.07, 6.45) is 3.08. The number of nitrogens with one attached hydrogen (secondary N) is 1. The SMILES string of the molecule is O=C1NC=NC2=NC(Br)=CC12. The van der Waals surface area contributed by atoms with E-state index < -0.39 is 0 Å². The molecule has 0 spiro atoms. The van der Waals surface area contributed by atoms with E-state index in [-0.39, 0.29) is 11.8 Å². The molecular formula is C6H4BrN3O. The van der Waals surface area contributed by atoms with Gasteiger partial charge in [-0.25, -0.2) is 9.98 Å². The van der Waals surface area contributed by atoms with E-state index in [1.54, 1.807) is 6.08 Å². The minimum atomic E-state index is -0.297. The number of carbonyl (C=O) groups excluding carboxylic acids is 1. The van der Waals surface area contributed by atoms with Gasteiger partial charge in [-0.1, -0.05) is 0 Å². The Balaban J connectivity index is 2.42. The Morgan fingerprint density at radius 2 is 2.45 bits per heavy atom. The summed E-state index contributed by atoms with van der Waals surface area (Å²) in [6, 6.07) is 0. The molecule has 2 aliphatic rings. The standard InChI is InChI=1S/C6H4BrN3O/c7-4-1-3-5(10-4)8-2-9-6(3)11/h1-3H,(H,8,9,10,11). The fourth-order valence-electron chi connectivity index (χ4n) is 0.982. The Kier molecular flexibility index (Phi) is 1.38. The van der Waals surface area contributed by atoms with Crippen LogP contribution in [0.4, 0.5) is 0 Å². The lowest BCUT2D eigenvalue weighted by Gasteiger charge is -2.10. The summed E-state index contributed by atoms with van der Waals surface area (Å²) in [5.41, 5.74) is 0.